The average molecular weight is 486 g/mol. The van der Waals surface area contributed by atoms with E-state index in [1.54, 1.807) is 19.1 Å². The molecule has 2 heterocycles. The summed E-state index contributed by atoms with van der Waals surface area (Å²) in [6.45, 7) is 3.50. The van der Waals surface area contributed by atoms with Crippen LogP contribution in [0.5, 0.6) is 5.75 Å². The molecule has 1 fully saturated rings. The number of fused-ring (bicyclic) bond motifs is 1. The molecule has 35 heavy (non-hydrogen) atoms. The van der Waals surface area contributed by atoms with Crippen LogP contribution in [0.2, 0.25) is 0 Å². The Kier molecular flexibility index (Phi) is 7.92. The molecule has 0 unspecified atom stereocenters. The van der Waals surface area contributed by atoms with Crippen molar-refractivity contribution in [3.8, 4) is 5.75 Å². The maximum atomic E-state index is 11.5. The Bertz CT molecular complexity index is 1130. The molecule has 1 aromatic heterocycles. The van der Waals surface area contributed by atoms with Crippen molar-refractivity contribution in [1.82, 2.24) is 4.98 Å². The van der Waals surface area contributed by atoms with Crippen LogP contribution in [-0.2, 0) is 27.1 Å². The average Bonchev–Trinajstić information content (AvgIpc) is 3.28. The van der Waals surface area contributed by atoms with Crippen LogP contribution in [0.25, 0.3) is 10.9 Å². The molecule has 0 radical (unpaired) electrons. The zero-order valence-electron chi connectivity index (χ0n) is 19.7. The summed E-state index contributed by atoms with van der Waals surface area (Å²) in [5.41, 5.74) is 4.24. The van der Waals surface area contributed by atoms with E-state index in [-0.39, 0.29) is 13.2 Å². The topological polar surface area (TPSA) is 130 Å². The van der Waals surface area contributed by atoms with Crippen LogP contribution < -0.4 is 4.74 Å². The largest absolute Gasteiger partial charge is 0.508 e. The summed E-state index contributed by atoms with van der Waals surface area (Å²) in [5, 5.41) is 32.0. The predicted molar refractivity (Wildman–Crippen MR) is 127 cm³/mol. The highest BCUT2D eigenvalue weighted by atomic mass is 16.7. The summed E-state index contributed by atoms with van der Waals surface area (Å²) in [6, 6.07) is 13.9. The minimum Gasteiger partial charge on any atom is -0.461 e. The van der Waals surface area contributed by atoms with Gasteiger partial charge in [0.05, 0.1) is 6.61 Å². The number of ether oxygens (including phenoxy) is 4. The first kappa shape index (κ1) is 25.0. The molecule has 9 nitrogen and oxygen atoms in total. The van der Waals surface area contributed by atoms with Gasteiger partial charge in [0.1, 0.15) is 36.8 Å². The number of rotatable bonds is 8. The second-order valence-corrected chi connectivity index (χ2v) is 8.47. The van der Waals surface area contributed by atoms with Crippen LogP contribution >= 0.6 is 0 Å². The lowest BCUT2D eigenvalue weighted by Crippen LogP contribution is -2.60. The van der Waals surface area contributed by atoms with Gasteiger partial charge in [-0.3, -0.25) is 0 Å². The quantitative estimate of drug-likeness (QED) is 0.358. The van der Waals surface area contributed by atoms with Gasteiger partial charge in [-0.05, 0) is 48.6 Å². The van der Waals surface area contributed by atoms with Crippen LogP contribution in [-0.4, -0.2) is 70.4 Å². The number of hydrogen-bond acceptors (Lipinski definition) is 8. The highest BCUT2D eigenvalue weighted by Gasteiger charge is 2.45. The van der Waals surface area contributed by atoms with Crippen molar-refractivity contribution in [2.75, 3.05) is 13.2 Å². The van der Waals surface area contributed by atoms with E-state index in [0.717, 1.165) is 28.5 Å². The highest BCUT2D eigenvalue weighted by molar-refractivity contribution is 5.89. The molecule has 1 aliphatic heterocycles. The molecule has 188 valence electrons. The fourth-order valence-electron chi connectivity index (χ4n) is 4.16. The Labute approximate surface area is 203 Å². The number of aliphatic hydroxyl groups excluding tert-OH is 3. The van der Waals surface area contributed by atoms with E-state index in [9.17, 15) is 20.1 Å². The van der Waals surface area contributed by atoms with Gasteiger partial charge in [-0.15, -0.1) is 0 Å². The molecule has 2 aromatic carbocycles. The lowest BCUT2D eigenvalue weighted by atomic mass is 9.99. The van der Waals surface area contributed by atoms with Gasteiger partial charge in [0, 0.05) is 17.1 Å². The summed E-state index contributed by atoms with van der Waals surface area (Å²) in [5.74, 6) is 0.446. The predicted octanol–water partition coefficient (Wildman–Crippen LogP) is 2.68. The van der Waals surface area contributed by atoms with E-state index in [0.29, 0.717) is 12.2 Å². The van der Waals surface area contributed by atoms with E-state index < -0.39 is 36.9 Å². The molecule has 1 saturated heterocycles. The van der Waals surface area contributed by atoms with E-state index >= 15 is 0 Å². The molecular formula is C26H31NO8. The van der Waals surface area contributed by atoms with Crippen molar-refractivity contribution in [1.29, 1.82) is 0 Å². The molecule has 4 N–H and O–H groups in total. The Morgan fingerprint density at radius 1 is 0.971 bits per heavy atom. The fraction of sp³-hybridized carbons (Fsp3) is 0.423. The molecule has 5 atom stereocenters. The molecule has 3 aromatic rings. The SMILES string of the molecule is CCOC(=O)OC[C@H]1O[C@@H](Oc2cccc3[nH]cc(Cc4ccc(CC)cc4)c23)[C@H](O)[C@@H](O)[C@@H]1O. The van der Waals surface area contributed by atoms with Crippen LogP contribution in [0.1, 0.15) is 30.5 Å². The molecule has 0 bridgehead atoms. The second-order valence-electron chi connectivity index (χ2n) is 8.47. The number of benzene rings is 2. The lowest BCUT2D eigenvalue weighted by Gasteiger charge is -2.39. The third-order valence-corrected chi connectivity index (χ3v) is 6.11. The number of aryl methyl sites for hydroxylation is 1. The van der Waals surface area contributed by atoms with E-state index in [1.165, 1.54) is 5.56 Å². The molecule has 0 amide bonds. The number of H-pyrrole nitrogens is 1. The van der Waals surface area contributed by atoms with Crippen molar-refractivity contribution < 1.29 is 39.1 Å². The third-order valence-electron chi connectivity index (χ3n) is 6.11. The number of carbonyl (C=O) groups is 1. The minimum atomic E-state index is -1.56. The summed E-state index contributed by atoms with van der Waals surface area (Å²) >= 11 is 0. The van der Waals surface area contributed by atoms with E-state index in [1.807, 2.05) is 12.3 Å². The minimum absolute atomic E-state index is 0.131. The fourth-order valence-corrected chi connectivity index (χ4v) is 4.16. The smallest absolute Gasteiger partial charge is 0.461 e. The lowest BCUT2D eigenvalue weighted by molar-refractivity contribution is -0.277. The van der Waals surface area contributed by atoms with Gasteiger partial charge in [0.2, 0.25) is 6.29 Å². The van der Waals surface area contributed by atoms with E-state index in [2.05, 4.69) is 36.2 Å². The Morgan fingerprint density at radius 2 is 1.71 bits per heavy atom. The van der Waals surface area contributed by atoms with Crippen molar-refractivity contribution in [3.05, 3.63) is 65.4 Å². The van der Waals surface area contributed by atoms with Gasteiger partial charge >= 0.3 is 6.16 Å². The summed E-state index contributed by atoms with van der Waals surface area (Å²) in [6.07, 6.45) is -4.37. The zero-order valence-corrected chi connectivity index (χ0v) is 19.7. The standard InChI is InChI=1S/C26H31NO8/c1-3-15-8-10-16(11-9-15)12-17-13-27-18-6-5-7-19(21(17)18)34-25-24(30)23(29)22(28)20(35-25)14-33-26(31)32-4-2/h5-11,13,20,22-25,27-30H,3-4,12,14H2,1-2H3/t20-,22-,23+,24-,25-/m1/s1. The molecule has 9 heteroatoms. The highest BCUT2D eigenvalue weighted by Crippen LogP contribution is 2.33. The first-order valence-electron chi connectivity index (χ1n) is 11.7. The molecule has 4 rings (SSSR count). The number of nitrogens with one attached hydrogen (secondary N) is 1. The molecule has 0 aliphatic carbocycles. The van der Waals surface area contributed by atoms with Gasteiger partial charge < -0.3 is 39.3 Å². The van der Waals surface area contributed by atoms with Crippen molar-refractivity contribution in [3.63, 3.8) is 0 Å². The molecular weight excluding hydrogens is 454 g/mol. The first-order valence-corrected chi connectivity index (χ1v) is 11.7. The second kappa shape index (κ2) is 11.1. The van der Waals surface area contributed by atoms with Gasteiger partial charge in [0.25, 0.3) is 0 Å². The monoisotopic (exact) mass is 485 g/mol. The third kappa shape index (κ3) is 5.59. The van der Waals surface area contributed by atoms with Crippen LogP contribution in [0, 0.1) is 0 Å². The summed E-state index contributed by atoms with van der Waals surface area (Å²) in [4.78, 5) is 14.8. The number of aliphatic hydroxyl groups is 3. The van der Waals surface area contributed by atoms with Gasteiger partial charge in [-0.25, -0.2) is 4.79 Å². The molecule has 0 saturated carbocycles. The Balaban J connectivity index is 1.54. The van der Waals surface area contributed by atoms with Crippen LogP contribution in [0.4, 0.5) is 4.79 Å². The number of aromatic amines is 1. The van der Waals surface area contributed by atoms with Gasteiger partial charge in [-0.2, -0.15) is 0 Å². The van der Waals surface area contributed by atoms with Crippen molar-refractivity contribution >= 4 is 17.1 Å². The van der Waals surface area contributed by atoms with Gasteiger partial charge in [0.15, 0.2) is 0 Å². The van der Waals surface area contributed by atoms with Crippen LogP contribution in [0.3, 0.4) is 0 Å². The Morgan fingerprint density at radius 3 is 2.43 bits per heavy atom. The Hall–Kier alpha value is -3.11. The summed E-state index contributed by atoms with van der Waals surface area (Å²) < 4.78 is 21.4. The van der Waals surface area contributed by atoms with Gasteiger partial charge in [-0.1, -0.05) is 37.3 Å². The number of carbonyl (C=O) groups excluding carboxylic acids is 1. The van der Waals surface area contributed by atoms with E-state index in [4.69, 9.17) is 18.9 Å². The summed E-state index contributed by atoms with van der Waals surface area (Å²) in [7, 11) is 0. The molecule has 1 aliphatic rings. The maximum Gasteiger partial charge on any atom is 0.508 e. The number of aromatic nitrogens is 1. The normalized spacial score (nSPS) is 24.3. The number of hydrogen-bond donors (Lipinski definition) is 4. The molecule has 0 spiro atoms. The van der Waals surface area contributed by atoms with Crippen molar-refractivity contribution in [2.24, 2.45) is 0 Å². The first-order chi connectivity index (χ1) is 16.9. The van der Waals surface area contributed by atoms with Crippen LogP contribution in [0.15, 0.2) is 48.7 Å². The maximum absolute atomic E-state index is 11.5. The van der Waals surface area contributed by atoms with Crippen molar-refractivity contribution in [2.45, 2.75) is 57.4 Å². The zero-order chi connectivity index (χ0) is 24.9.